The molecule has 1 aromatic heterocycles. The number of thiophene rings is 1. The minimum atomic E-state index is 0.281. The molecule has 1 heterocycles. The highest BCUT2D eigenvalue weighted by Gasteiger charge is 2.37. The van der Waals surface area contributed by atoms with E-state index in [0.29, 0.717) is 10.2 Å². The molecule has 1 aliphatic rings. The maximum atomic E-state index is 3.88. The molecule has 0 bridgehead atoms. The predicted molar refractivity (Wildman–Crippen MR) is 96.8 cm³/mol. The third-order valence-corrected chi connectivity index (χ3v) is 7.22. The summed E-state index contributed by atoms with van der Waals surface area (Å²) in [5, 5.41) is 2.15. The van der Waals surface area contributed by atoms with Gasteiger partial charge in [-0.2, -0.15) is 0 Å². The van der Waals surface area contributed by atoms with Crippen molar-refractivity contribution in [2.75, 3.05) is 0 Å². The van der Waals surface area contributed by atoms with Crippen molar-refractivity contribution < 1.29 is 0 Å². The van der Waals surface area contributed by atoms with Crippen molar-refractivity contribution in [1.29, 1.82) is 0 Å². The van der Waals surface area contributed by atoms with Crippen molar-refractivity contribution in [2.24, 2.45) is 0 Å². The Labute approximate surface area is 140 Å². The Kier molecular flexibility index (Phi) is 3.82. The van der Waals surface area contributed by atoms with Gasteiger partial charge in [-0.3, -0.25) is 0 Å². The monoisotopic (exact) mass is 362 g/mol. The van der Waals surface area contributed by atoms with Crippen LogP contribution in [0.2, 0.25) is 0 Å². The van der Waals surface area contributed by atoms with Gasteiger partial charge in [0, 0.05) is 4.88 Å². The van der Waals surface area contributed by atoms with Gasteiger partial charge in [0.15, 0.2) is 0 Å². The number of rotatable bonds is 2. The number of hydrogen-bond acceptors (Lipinski definition) is 1. The molecule has 2 heteroatoms. The average molecular weight is 363 g/mol. The third kappa shape index (κ3) is 2.73. The fraction of sp³-hybridized carbons (Fsp3) is 0.474. The van der Waals surface area contributed by atoms with Crippen molar-refractivity contribution in [3.05, 3.63) is 57.3 Å². The van der Waals surface area contributed by atoms with Crippen LogP contribution in [0.5, 0.6) is 0 Å². The zero-order valence-electron chi connectivity index (χ0n) is 13.2. The van der Waals surface area contributed by atoms with Crippen LogP contribution in [0.25, 0.3) is 0 Å². The average Bonchev–Trinajstić information content (AvgIpc) is 2.97. The van der Waals surface area contributed by atoms with E-state index in [0.717, 1.165) is 0 Å². The van der Waals surface area contributed by atoms with Gasteiger partial charge in [0.1, 0.15) is 0 Å². The lowest BCUT2D eigenvalue weighted by Crippen LogP contribution is -2.33. The van der Waals surface area contributed by atoms with Crippen molar-refractivity contribution in [3.8, 4) is 0 Å². The summed E-state index contributed by atoms with van der Waals surface area (Å²) in [6.45, 7) is 9.54. The first-order valence-corrected chi connectivity index (χ1v) is 9.43. The van der Waals surface area contributed by atoms with E-state index in [1.54, 1.807) is 0 Å². The molecule has 0 N–H and O–H groups in total. The molecule has 0 aliphatic heterocycles. The van der Waals surface area contributed by atoms with Crippen LogP contribution in [0, 0.1) is 0 Å². The number of alkyl halides is 1. The standard InChI is InChI=1S/C19H23BrS/c1-18(2)9-10-19(3,4)15-12-13(7-8-14(15)18)17(20)16-6-5-11-21-16/h5-8,11-12,17H,9-10H2,1-4H3. The zero-order chi connectivity index (χ0) is 15.3. The molecule has 0 saturated heterocycles. The number of halogens is 1. The van der Waals surface area contributed by atoms with Gasteiger partial charge in [0.2, 0.25) is 0 Å². The van der Waals surface area contributed by atoms with Gasteiger partial charge in [-0.05, 0) is 51.8 Å². The van der Waals surface area contributed by atoms with Crippen molar-refractivity contribution >= 4 is 27.3 Å². The van der Waals surface area contributed by atoms with Crippen molar-refractivity contribution in [2.45, 2.75) is 56.2 Å². The second-order valence-electron chi connectivity index (χ2n) is 7.45. The Bertz CT molecular complexity index is 638. The molecule has 3 rings (SSSR count). The highest BCUT2D eigenvalue weighted by atomic mass is 79.9. The largest absolute Gasteiger partial charge is 0.147 e. The first-order chi connectivity index (χ1) is 9.81. The van der Waals surface area contributed by atoms with E-state index in [9.17, 15) is 0 Å². The van der Waals surface area contributed by atoms with E-state index in [4.69, 9.17) is 0 Å². The summed E-state index contributed by atoms with van der Waals surface area (Å²) in [6, 6.07) is 11.4. The van der Waals surface area contributed by atoms with E-state index in [2.05, 4.69) is 79.3 Å². The topological polar surface area (TPSA) is 0 Å². The smallest absolute Gasteiger partial charge is 0.0738 e. The first-order valence-electron chi connectivity index (χ1n) is 7.64. The zero-order valence-corrected chi connectivity index (χ0v) is 15.6. The summed E-state index contributed by atoms with van der Waals surface area (Å²) in [5.74, 6) is 0. The van der Waals surface area contributed by atoms with Gasteiger partial charge >= 0.3 is 0 Å². The van der Waals surface area contributed by atoms with Crippen LogP contribution >= 0.6 is 27.3 Å². The summed E-state index contributed by atoms with van der Waals surface area (Å²) in [7, 11) is 0. The molecule has 0 spiro atoms. The van der Waals surface area contributed by atoms with E-state index in [-0.39, 0.29) is 5.41 Å². The molecule has 112 valence electrons. The SMILES string of the molecule is CC1(C)CCC(C)(C)c2cc(C(Br)c3cccs3)ccc21. The summed E-state index contributed by atoms with van der Waals surface area (Å²) in [5.41, 5.74) is 5.03. The molecule has 0 fully saturated rings. The van der Waals surface area contributed by atoms with Crippen LogP contribution < -0.4 is 0 Å². The quantitative estimate of drug-likeness (QED) is 0.529. The lowest BCUT2D eigenvalue weighted by Gasteiger charge is -2.42. The fourth-order valence-corrected chi connectivity index (χ4v) is 4.85. The number of hydrogen-bond donors (Lipinski definition) is 0. The highest BCUT2D eigenvalue weighted by Crippen LogP contribution is 2.47. The van der Waals surface area contributed by atoms with Crippen LogP contribution in [0.15, 0.2) is 35.7 Å². The Morgan fingerprint density at radius 2 is 1.67 bits per heavy atom. The van der Waals surface area contributed by atoms with E-state index >= 15 is 0 Å². The van der Waals surface area contributed by atoms with Gasteiger partial charge in [0.25, 0.3) is 0 Å². The lowest BCUT2D eigenvalue weighted by molar-refractivity contribution is 0.331. The first kappa shape index (κ1) is 15.3. The number of benzene rings is 1. The normalized spacial score (nSPS) is 20.8. The molecule has 0 radical (unpaired) electrons. The fourth-order valence-electron chi connectivity index (χ4n) is 3.36. The van der Waals surface area contributed by atoms with Crippen LogP contribution in [0.4, 0.5) is 0 Å². The highest BCUT2D eigenvalue weighted by molar-refractivity contribution is 9.09. The summed E-state index contributed by atoms with van der Waals surface area (Å²) < 4.78 is 0. The minimum Gasteiger partial charge on any atom is -0.147 e. The minimum absolute atomic E-state index is 0.281. The Morgan fingerprint density at radius 1 is 1.00 bits per heavy atom. The van der Waals surface area contributed by atoms with Gasteiger partial charge < -0.3 is 0 Å². The van der Waals surface area contributed by atoms with Crippen LogP contribution in [0.1, 0.15) is 66.9 Å². The number of fused-ring (bicyclic) bond motifs is 1. The van der Waals surface area contributed by atoms with Gasteiger partial charge in [-0.1, -0.05) is 67.9 Å². The van der Waals surface area contributed by atoms with Crippen LogP contribution in [-0.4, -0.2) is 0 Å². The summed E-state index contributed by atoms with van der Waals surface area (Å²) in [6.07, 6.45) is 2.54. The molecular formula is C19H23BrS. The molecule has 1 aromatic carbocycles. The van der Waals surface area contributed by atoms with E-state index < -0.39 is 0 Å². The Morgan fingerprint density at radius 3 is 2.29 bits per heavy atom. The summed E-state index contributed by atoms with van der Waals surface area (Å²) >= 11 is 5.69. The van der Waals surface area contributed by atoms with Crippen LogP contribution in [-0.2, 0) is 10.8 Å². The maximum absolute atomic E-state index is 3.88. The Hall–Kier alpha value is -0.600. The lowest BCUT2D eigenvalue weighted by atomic mass is 9.63. The third-order valence-electron chi connectivity index (χ3n) is 4.96. The van der Waals surface area contributed by atoms with Gasteiger partial charge in [0.05, 0.1) is 4.83 Å². The van der Waals surface area contributed by atoms with Crippen LogP contribution in [0.3, 0.4) is 0 Å². The molecule has 2 aromatic rings. The van der Waals surface area contributed by atoms with Crippen molar-refractivity contribution in [1.82, 2.24) is 0 Å². The predicted octanol–water partition coefficient (Wildman–Crippen LogP) is 6.58. The van der Waals surface area contributed by atoms with Crippen molar-refractivity contribution in [3.63, 3.8) is 0 Å². The molecular weight excluding hydrogens is 340 g/mol. The van der Waals surface area contributed by atoms with E-state index in [1.165, 1.54) is 34.4 Å². The molecule has 1 aliphatic carbocycles. The molecule has 1 atom stereocenters. The molecule has 1 unspecified atom stereocenters. The van der Waals surface area contributed by atoms with E-state index in [1.807, 2.05) is 11.3 Å². The molecule has 0 nitrogen and oxygen atoms in total. The molecule has 21 heavy (non-hydrogen) atoms. The second kappa shape index (κ2) is 5.24. The molecule has 0 saturated carbocycles. The molecule has 0 amide bonds. The van der Waals surface area contributed by atoms with Gasteiger partial charge in [-0.15, -0.1) is 11.3 Å². The van der Waals surface area contributed by atoms with Gasteiger partial charge in [-0.25, -0.2) is 0 Å². The Balaban J connectivity index is 2.08. The summed E-state index contributed by atoms with van der Waals surface area (Å²) in [4.78, 5) is 1.69. The maximum Gasteiger partial charge on any atom is 0.0738 e. The second-order valence-corrected chi connectivity index (χ2v) is 9.35.